The van der Waals surface area contributed by atoms with Gasteiger partial charge in [0, 0.05) is 34.0 Å². The number of hydrogen-bond donors (Lipinski definition) is 2. The Kier molecular flexibility index (Phi) is 7.24. The highest BCUT2D eigenvalue weighted by molar-refractivity contribution is 7.80. The number of aromatic nitrogens is 1. The van der Waals surface area contributed by atoms with Crippen LogP contribution in [-0.4, -0.2) is 28.1 Å². The quantitative estimate of drug-likeness (QED) is 0.522. The minimum Gasteiger partial charge on any atom is -0.482 e. The van der Waals surface area contributed by atoms with Crippen LogP contribution in [0.25, 0.3) is 10.9 Å². The van der Waals surface area contributed by atoms with E-state index in [1.807, 2.05) is 38.1 Å². The molecule has 0 radical (unpaired) electrons. The molecule has 30 heavy (non-hydrogen) atoms. The van der Waals surface area contributed by atoms with Crippen LogP contribution >= 0.6 is 23.8 Å². The zero-order valence-corrected chi connectivity index (χ0v) is 18.3. The topological polar surface area (TPSA) is 71.2 Å². The van der Waals surface area contributed by atoms with Crippen molar-refractivity contribution in [2.24, 2.45) is 0 Å². The summed E-state index contributed by atoms with van der Waals surface area (Å²) in [5.41, 5.74) is 1.77. The molecule has 2 aromatic carbocycles. The molecule has 2 N–H and O–H groups in total. The van der Waals surface area contributed by atoms with Gasteiger partial charge in [-0.1, -0.05) is 36.7 Å². The van der Waals surface area contributed by atoms with Crippen LogP contribution in [0.1, 0.15) is 36.2 Å². The largest absolute Gasteiger partial charge is 0.482 e. The van der Waals surface area contributed by atoms with Crippen LogP contribution in [0, 0.1) is 0 Å². The van der Waals surface area contributed by atoms with Gasteiger partial charge in [-0.15, -0.1) is 0 Å². The number of carbonyl (C=O) groups is 1. The Morgan fingerprint density at radius 2 is 1.90 bits per heavy atom. The maximum absolute atomic E-state index is 12.8. The first-order valence-electron chi connectivity index (χ1n) is 9.75. The fraction of sp³-hybridized carbons (Fsp3) is 0.261. The number of benzene rings is 2. The average molecular weight is 443 g/mol. The van der Waals surface area contributed by atoms with E-state index < -0.39 is 6.04 Å². The van der Waals surface area contributed by atoms with Crippen LogP contribution in [0.3, 0.4) is 0 Å². The second kappa shape index (κ2) is 9.87. The van der Waals surface area contributed by atoms with Gasteiger partial charge in [-0.25, -0.2) is 0 Å². The van der Waals surface area contributed by atoms with Crippen LogP contribution in [0.15, 0.2) is 59.4 Å². The van der Waals surface area contributed by atoms with E-state index in [1.165, 1.54) is 6.07 Å². The number of hydrogen-bond acceptors (Lipinski definition) is 4. The third-order valence-electron chi connectivity index (χ3n) is 4.85. The molecule has 2 atom stereocenters. The molecule has 156 valence electrons. The number of amides is 1. The molecular formula is C23H23ClN2O3S. The lowest BCUT2D eigenvalue weighted by Crippen LogP contribution is -2.43. The molecule has 3 aromatic rings. The molecule has 1 aromatic heterocycles. The van der Waals surface area contributed by atoms with E-state index in [0.29, 0.717) is 17.0 Å². The Balaban J connectivity index is 1.92. The molecule has 0 saturated heterocycles. The third-order valence-corrected chi connectivity index (χ3v) is 5.48. The minimum absolute atomic E-state index is 0.0802. The molecule has 0 spiro atoms. The summed E-state index contributed by atoms with van der Waals surface area (Å²) in [5.74, 6) is -0.291. The van der Waals surface area contributed by atoms with Gasteiger partial charge in [-0.2, -0.15) is 0 Å². The number of para-hydroxylation sites is 1. The molecule has 0 aliphatic heterocycles. The Hall–Kier alpha value is -2.70. The highest BCUT2D eigenvalue weighted by Crippen LogP contribution is 2.18. The van der Waals surface area contributed by atoms with Gasteiger partial charge in [0.1, 0.15) is 6.04 Å². The number of nitrogens with one attached hydrogen (secondary N) is 2. The van der Waals surface area contributed by atoms with Crippen LogP contribution in [-0.2, 0) is 11.2 Å². The fourth-order valence-corrected chi connectivity index (χ4v) is 3.50. The lowest BCUT2D eigenvalue weighted by Gasteiger charge is -2.23. The van der Waals surface area contributed by atoms with Crippen molar-refractivity contribution in [3.63, 3.8) is 0 Å². The first kappa shape index (κ1) is 22.0. The Bertz CT molecular complexity index is 1110. The molecule has 0 aliphatic carbocycles. The van der Waals surface area contributed by atoms with Crippen LogP contribution < -0.4 is 10.9 Å². The molecule has 1 heterocycles. The van der Waals surface area contributed by atoms with Crippen molar-refractivity contribution in [3.05, 3.63) is 81.1 Å². The maximum Gasteiger partial charge on any atom is 0.251 e. The molecular weight excluding hydrogens is 420 g/mol. The SMILES string of the molecule is CCC(C)OC(=S)C(Cc1cc(=O)[nH]c2ccccc12)NC(=O)c1ccc(Cl)cc1. The summed E-state index contributed by atoms with van der Waals surface area (Å²) in [4.78, 5) is 27.8. The number of rotatable bonds is 7. The van der Waals surface area contributed by atoms with Gasteiger partial charge in [0.25, 0.3) is 5.91 Å². The summed E-state index contributed by atoms with van der Waals surface area (Å²) in [7, 11) is 0. The molecule has 0 aliphatic rings. The lowest BCUT2D eigenvalue weighted by atomic mass is 10.0. The number of fused-ring (bicyclic) bond motifs is 1. The predicted octanol–water partition coefficient (Wildman–Crippen LogP) is 4.67. The van der Waals surface area contributed by atoms with E-state index >= 15 is 0 Å². The van der Waals surface area contributed by atoms with E-state index in [9.17, 15) is 9.59 Å². The zero-order chi connectivity index (χ0) is 21.7. The van der Waals surface area contributed by atoms with Gasteiger partial charge in [0.05, 0.1) is 6.10 Å². The molecule has 0 bridgehead atoms. The van der Waals surface area contributed by atoms with Crippen molar-refractivity contribution in [1.29, 1.82) is 0 Å². The summed E-state index contributed by atoms with van der Waals surface area (Å²) < 4.78 is 5.84. The van der Waals surface area contributed by atoms with E-state index in [1.54, 1.807) is 24.3 Å². The average Bonchev–Trinajstić information content (AvgIpc) is 2.73. The number of carbonyl (C=O) groups excluding carboxylic acids is 1. The van der Waals surface area contributed by atoms with Gasteiger partial charge >= 0.3 is 0 Å². The van der Waals surface area contributed by atoms with Crippen molar-refractivity contribution in [2.45, 2.75) is 38.8 Å². The summed E-state index contributed by atoms with van der Waals surface area (Å²) in [6.07, 6.45) is 1.04. The molecule has 0 saturated carbocycles. The Labute approximate surface area is 185 Å². The maximum atomic E-state index is 12.8. The van der Waals surface area contributed by atoms with Crippen LogP contribution in [0.2, 0.25) is 5.02 Å². The first-order chi connectivity index (χ1) is 14.4. The molecule has 7 heteroatoms. The van der Waals surface area contributed by atoms with Crippen LogP contribution in [0.5, 0.6) is 0 Å². The lowest BCUT2D eigenvalue weighted by molar-refractivity contribution is 0.0939. The van der Waals surface area contributed by atoms with E-state index in [4.69, 9.17) is 28.6 Å². The summed E-state index contributed by atoms with van der Waals surface area (Å²) >= 11 is 11.4. The van der Waals surface area contributed by atoms with E-state index in [-0.39, 0.29) is 22.6 Å². The standard InChI is InChI=1S/C23H23ClN2O3S/c1-3-14(2)29-23(30)20(26-22(28)15-8-10-17(24)11-9-15)12-16-13-21(27)25-19-7-5-4-6-18(16)19/h4-11,13-14,20H,3,12H2,1-2H3,(H,25,27)(H,26,28). The number of aromatic amines is 1. The Morgan fingerprint density at radius 3 is 2.60 bits per heavy atom. The van der Waals surface area contributed by atoms with Crippen molar-refractivity contribution in [3.8, 4) is 0 Å². The smallest absolute Gasteiger partial charge is 0.251 e. The van der Waals surface area contributed by atoms with Crippen LogP contribution in [0.4, 0.5) is 0 Å². The predicted molar refractivity (Wildman–Crippen MR) is 124 cm³/mol. The highest BCUT2D eigenvalue weighted by atomic mass is 35.5. The second-order valence-electron chi connectivity index (χ2n) is 7.10. The molecule has 3 rings (SSSR count). The summed E-state index contributed by atoms with van der Waals surface area (Å²) in [5, 5.41) is 4.69. The van der Waals surface area contributed by atoms with Gasteiger partial charge in [-0.05, 0) is 61.5 Å². The number of halogens is 1. The molecule has 5 nitrogen and oxygen atoms in total. The van der Waals surface area contributed by atoms with Crippen molar-refractivity contribution in [2.75, 3.05) is 0 Å². The minimum atomic E-state index is -0.581. The van der Waals surface area contributed by atoms with Gasteiger partial charge in [0.2, 0.25) is 5.56 Å². The number of ether oxygens (including phenoxy) is 1. The van der Waals surface area contributed by atoms with E-state index in [2.05, 4.69) is 10.3 Å². The monoisotopic (exact) mass is 442 g/mol. The third kappa shape index (κ3) is 5.46. The van der Waals surface area contributed by atoms with Crippen molar-refractivity contribution in [1.82, 2.24) is 10.3 Å². The van der Waals surface area contributed by atoms with Gasteiger partial charge in [-0.3, -0.25) is 9.59 Å². The number of thiocarbonyl (C=S) groups is 1. The summed E-state index contributed by atoms with van der Waals surface area (Å²) in [6, 6.07) is 15.1. The molecule has 0 fully saturated rings. The van der Waals surface area contributed by atoms with Crippen molar-refractivity contribution < 1.29 is 9.53 Å². The number of H-pyrrole nitrogens is 1. The molecule has 2 unspecified atom stereocenters. The van der Waals surface area contributed by atoms with Gasteiger partial charge in [0.15, 0.2) is 5.05 Å². The first-order valence-corrected chi connectivity index (χ1v) is 10.5. The van der Waals surface area contributed by atoms with Gasteiger partial charge < -0.3 is 15.0 Å². The zero-order valence-electron chi connectivity index (χ0n) is 16.8. The normalized spacial score (nSPS) is 12.9. The second-order valence-corrected chi connectivity index (χ2v) is 7.94. The van der Waals surface area contributed by atoms with E-state index in [0.717, 1.165) is 22.9 Å². The fourth-order valence-electron chi connectivity index (χ4n) is 3.07. The number of pyridine rings is 1. The van der Waals surface area contributed by atoms with Crippen molar-refractivity contribution >= 4 is 45.7 Å². The Morgan fingerprint density at radius 1 is 1.20 bits per heavy atom. The summed E-state index contributed by atoms with van der Waals surface area (Å²) in [6.45, 7) is 3.92. The highest BCUT2D eigenvalue weighted by Gasteiger charge is 2.22. The molecule has 1 amide bonds.